The predicted octanol–water partition coefficient (Wildman–Crippen LogP) is 3.68. The second-order valence-corrected chi connectivity index (χ2v) is 4.85. The van der Waals surface area contributed by atoms with E-state index in [1.54, 1.807) is 13.0 Å². The Kier molecular flexibility index (Phi) is 3.90. The van der Waals surface area contributed by atoms with E-state index in [9.17, 15) is 13.6 Å². The Morgan fingerprint density at radius 1 is 1.21 bits per heavy atom. The number of hydrogen-bond donors (Lipinski definition) is 1. The summed E-state index contributed by atoms with van der Waals surface area (Å²) in [5, 5.41) is 2.50. The summed E-state index contributed by atoms with van der Waals surface area (Å²) in [4.78, 5) is 15.9. The van der Waals surface area contributed by atoms with Crippen LogP contribution < -0.4 is 5.32 Å². The Hall–Kier alpha value is -1.82. The van der Waals surface area contributed by atoms with Gasteiger partial charge in [0.05, 0.1) is 0 Å². The van der Waals surface area contributed by atoms with Crippen molar-refractivity contribution in [3.05, 3.63) is 57.7 Å². The molecule has 0 radical (unpaired) electrons. The molecule has 19 heavy (non-hydrogen) atoms. The summed E-state index contributed by atoms with van der Waals surface area (Å²) in [7, 11) is 0. The number of rotatable bonds is 2. The van der Waals surface area contributed by atoms with Crippen molar-refractivity contribution >= 4 is 27.7 Å². The molecule has 1 heterocycles. The van der Waals surface area contributed by atoms with E-state index in [2.05, 4.69) is 26.2 Å². The maximum Gasteiger partial charge on any atom is 0.257 e. The van der Waals surface area contributed by atoms with Crippen molar-refractivity contribution in [2.45, 2.75) is 6.92 Å². The summed E-state index contributed by atoms with van der Waals surface area (Å²) in [5.74, 6) is -1.87. The second kappa shape index (κ2) is 5.44. The quantitative estimate of drug-likeness (QED) is 0.914. The Labute approximate surface area is 116 Å². The predicted molar refractivity (Wildman–Crippen MR) is 71.0 cm³/mol. The average molecular weight is 327 g/mol. The number of benzene rings is 1. The lowest BCUT2D eigenvalue weighted by atomic mass is 10.2. The van der Waals surface area contributed by atoms with Gasteiger partial charge in [0, 0.05) is 22.3 Å². The van der Waals surface area contributed by atoms with Gasteiger partial charge in [0.2, 0.25) is 0 Å². The van der Waals surface area contributed by atoms with Crippen molar-refractivity contribution in [2.24, 2.45) is 0 Å². The number of pyridine rings is 1. The van der Waals surface area contributed by atoms with E-state index in [1.807, 2.05) is 0 Å². The van der Waals surface area contributed by atoms with Crippen molar-refractivity contribution in [2.75, 3.05) is 5.32 Å². The van der Waals surface area contributed by atoms with Gasteiger partial charge in [0.15, 0.2) is 0 Å². The summed E-state index contributed by atoms with van der Waals surface area (Å²) in [6.07, 6.45) is 1.52. The molecule has 98 valence electrons. The van der Waals surface area contributed by atoms with Crippen LogP contribution in [0.1, 0.15) is 15.9 Å². The third kappa shape index (κ3) is 3.35. The van der Waals surface area contributed by atoms with E-state index in [4.69, 9.17) is 0 Å². The first kappa shape index (κ1) is 13.6. The smallest absolute Gasteiger partial charge is 0.257 e. The number of aryl methyl sites for hydroxylation is 1. The zero-order chi connectivity index (χ0) is 14.0. The fourth-order valence-corrected chi connectivity index (χ4v) is 1.98. The van der Waals surface area contributed by atoms with E-state index in [1.165, 1.54) is 6.20 Å². The first-order chi connectivity index (χ1) is 8.95. The van der Waals surface area contributed by atoms with Crippen LogP contribution in [0.5, 0.6) is 0 Å². The van der Waals surface area contributed by atoms with Crippen LogP contribution in [0.4, 0.5) is 14.6 Å². The Morgan fingerprint density at radius 2 is 1.84 bits per heavy atom. The van der Waals surface area contributed by atoms with Gasteiger partial charge in [-0.1, -0.05) is 0 Å². The minimum Gasteiger partial charge on any atom is -0.306 e. The van der Waals surface area contributed by atoms with E-state index in [0.717, 1.165) is 22.2 Å². The standard InChI is InChI=1S/C13H9BrF2N2O/c1-7-2-9(14)6-17-12(7)18-13(19)8-3-10(15)5-11(16)4-8/h2-6H,1H3,(H,17,18,19). The van der Waals surface area contributed by atoms with Crippen LogP contribution in [0.3, 0.4) is 0 Å². The zero-order valence-electron chi connectivity index (χ0n) is 9.88. The summed E-state index contributed by atoms with van der Waals surface area (Å²) < 4.78 is 26.8. The second-order valence-electron chi connectivity index (χ2n) is 3.93. The summed E-state index contributed by atoms with van der Waals surface area (Å²) in [6, 6.07) is 4.41. The van der Waals surface area contributed by atoms with Gasteiger partial charge in [-0.05, 0) is 46.6 Å². The highest BCUT2D eigenvalue weighted by molar-refractivity contribution is 9.10. The number of nitrogens with zero attached hydrogens (tertiary/aromatic N) is 1. The molecule has 0 spiro atoms. The Morgan fingerprint density at radius 3 is 2.42 bits per heavy atom. The number of halogens is 3. The van der Waals surface area contributed by atoms with Gasteiger partial charge in [0.1, 0.15) is 17.5 Å². The lowest BCUT2D eigenvalue weighted by Crippen LogP contribution is -2.14. The molecule has 0 aliphatic heterocycles. The van der Waals surface area contributed by atoms with Crippen LogP contribution in [-0.4, -0.2) is 10.9 Å². The summed E-state index contributed by atoms with van der Waals surface area (Å²) in [6.45, 7) is 1.76. The molecule has 0 saturated carbocycles. The summed E-state index contributed by atoms with van der Waals surface area (Å²) >= 11 is 3.25. The molecule has 0 fully saturated rings. The van der Waals surface area contributed by atoms with Gasteiger partial charge in [-0.25, -0.2) is 13.8 Å². The van der Waals surface area contributed by atoms with Crippen LogP contribution in [0.2, 0.25) is 0 Å². The van der Waals surface area contributed by atoms with Gasteiger partial charge >= 0.3 is 0 Å². The van der Waals surface area contributed by atoms with Crippen LogP contribution in [-0.2, 0) is 0 Å². The zero-order valence-corrected chi connectivity index (χ0v) is 11.5. The van der Waals surface area contributed by atoms with E-state index in [-0.39, 0.29) is 5.56 Å². The Balaban J connectivity index is 2.25. The van der Waals surface area contributed by atoms with Gasteiger partial charge in [-0.3, -0.25) is 4.79 Å². The molecule has 1 N–H and O–H groups in total. The van der Waals surface area contributed by atoms with Gasteiger partial charge in [0.25, 0.3) is 5.91 Å². The molecule has 6 heteroatoms. The number of carbonyl (C=O) groups is 1. The van der Waals surface area contributed by atoms with Crippen LogP contribution in [0, 0.1) is 18.6 Å². The molecule has 1 aromatic carbocycles. The maximum absolute atomic E-state index is 13.0. The lowest BCUT2D eigenvalue weighted by molar-refractivity contribution is 0.102. The van der Waals surface area contributed by atoms with Crippen molar-refractivity contribution in [3.8, 4) is 0 Å². The molecule has 2 aromatic rings. The molecule has 1 aromatic heterocycles. The number of carbonyl (C=O) groups excluding carboxylic acids is 1. The highest BCUT2D eigenvalue weighted by atomic mass is 79.9. The number of anilines is 1. The molecule has 0 atom stereocenters. The minimum absolute atomic E-state index is 0.0957. The van der Waals surface area contributed by atoms with Crippen molar-refractivity contribution in [3.63, 3.8) is 0 Å². The molecule has 0 unspecified atom stereocenters. The molecule has 0 aliphatic rings. The van der Waals surface area contributed by atoms with Crippen molar-refractivity contribution in [1.82, 2.24) is 4.98 Å². The van der Waals surface area contributed by atoms with Crippen LogP contribution >= 0.6 is 15.9 Å². The Bertz CT molecular complexity index is 626. The maximum atomic E-state index is 13.0. The highest BCUT2D eigenvalue weighted by Gasteiger charge is 2.11. The third-order valence-electron chi connectivity index (χ3n) is 2.40. The van der Waals surface area contributed by atoms with E-state index < -0.39 is 17.5 Å². The van der Waals surface area contributed by atoms with E-state index >= 15 is 0 Å². The lowest BCUT2D eigenvalue weighted by Gasteiger charge is -2.07. The highest BCUT2D eigenvalue weighted by Crippen LogP contribution is 2.18. The molecule has 2 rings (SSSR count). The fourth-order valence-electron chi connectivity index (χ4n) is 1.54. The molecular formula is C13H9BrF2N2O. The summed E-state index contributed by atoms with van der Waals surface area (Å²) in [5.41, 5.74) is 0.640. The largest absolute Gasteiger partial charge is 0.306 e. The SMILES string of the molecule is Cc1cc(Br)cnc1NC(=O)c1cc(F)cc(F)c1. The number of hydrogen-bond acceptors (Lipinski definition) is 2. The van der Waals surface area contributed by atoms with Gasteiger partial charge in [-0.2, -0.15) is 0 Å². The topological polar surface area (TPSA) is 42.0 Å². The fraction of sp³-hybridized carbons (Fsp3) is 0.0769. The molecule has 0 bridgehead atoms. The van der Waals surface area contributed by atoms with E-state index in [0.29, 0.717) is 11.9 Å². The molecule has 1 amide bonds. The monoisotopic (exact) mass is 326 g/mol. The van der Waals surface area contributed by atoms with Gasteiger partial charge in [-0.15, -0.1) is 0 Å². The number of amides is 1. The average Bonchev–Trinajstić information content (AvgIpc) is 2.31. The van der Waals surface area contributed by atoms with Crippen molar-refractivity contribution in [1.29, 1.82) is 0 Å². The molecule has 0 aliphatic carbocycles. The number of nitrogens with one attached hydrogen (secondary N) is 1. The van der Waals surface area contributed by atoms with Crippen molar-refractivity contribution < 1.29 is 13.6 Å². The molecule has 0 saturated heterocycles. The minimum atomic E-state index is -0.800. The normalized spacial score (nSPS) is 10.3. The molecular weight excluding hydrogens is 318 g/mol. The van der Waals surface area contributed by atoms with Crippen LogP contribution in [0.15, 0.2) is 34.9 Å². The third-order valence-corrected chi connectivity index (χ3v) is 2.84. The van der Waals surface area contributed by atoms with Gasteiger partial charge < -0.3 is 5.32 Å². The molecule has 3 nitrogen and oxygen atoms in total. The van der Waals surface area contributed by atoms with Crippen LogP contribution in [0.25, 0.3) is 0 Å². The first-order valence-corrected chi connectivity index (χ1v) is 6.14. The first-order valence-electron chi connectivity index (χ1n) is 5.35. The number of aromatic nitrogens is 1.